The molecular formula is C20H17N2O6-. The van der Waals surface area contributed by atoms with Gasteiger partial charge in [-0.25, -0.2) is 4.79 Å². The van der Waals surface area contributed by atoms with Gasteiger partial charge in [-0.3, -0.25) is 19.3 Å². The lowest BCUT2D eigenvalue weighted by Gasteiger charge is -2.15. The molecule has 1 heterocycles. The molecule has 2 aromatic rings. The van der Waals surface area contributed by atoms with Gasteiger partial charge in [0.05, 0.1) is 22.4 Å². The van der Waals surface area contributed by atoms with Crippen molar-refractivity contribution in [3.63, 3.8) is 0 Å². The number of rotatable bonds is 5. The zero-order chi connectivity index (χ0) is 20.6. The molecular weight excluding hydrogens is 364 g/mol. The van der Waals surface area contributed by atoms with Crippen LogP contribution in [0.3, 0.4) is 0 Å². The summed E-state index contributed by atoms with van der Waals surface area (Å²) in [5.74, 6) is -3.28. The van der Waals surface area contributed by atoms with Crippen LogP contribution in [0.4, 0.5) is 5.69 Å². The van der Waals surface area contributed by atoms with Gasteiger partial charge in [-0.1, -0.05) is 26.0 Å². The largest absolute Gasteiger partial charge is 0.872 e. The van der Waals surface area contributed by atoms with Gasteiger partial charge in [-0.15, -0.1) is 5.75 Å². The number of carboxylic acids is 1. The van der Waals surface area contributed by atoms with Crippen LogP contribution < -0.4 is 10.4 Å². The van der Waals surface area contributed by atoms with Crippen molar-refractivity contribution in [2.75, 3.05) is 11.9 Å². The van der Waals surface area contributed by atoms with Crippen LogP contribution in [-0.2, 0) is 0 Å². The molecule has 3 amide bonds. The van der Waals surface area contributed by atoms with Crippen LogP contribution in [-0.4, -0.2) is 40.2 Å². The Morgan fingerprint density at radius 1 is 1.07 bits per heavy atom. The maximum atomic E-state index is 12.5. The minimum absolute atomic E-state index is 0.0403. The molecule has 0 unspecified atom stereocenters. The lowest BCUT2D eigenvalue weighted by molar-refractivity contribution is -0.268. The summed E-state index contributed by atoms with van der Waals surface area (Å²) in [7, 11) is 0. The van der Waals surface area contributed by atoms with E-state index in [0.29, 0.717) is 0 Å². The first kappa shape index (κ1) is 19.1. The molecule has 1 aliphatic rings. The van der Waals surface area contributed by atoms with E-state index >= 15 is 0 Å². The normalized spacial score (nSPS) is 13.0. The van der Waals surface area contributed by atoms with Gasteiger partial charge >= 0.3 is 5.97 Å². The number of nitrogens with one attached hydrogen (secondary N) is 1. The highest BCUT2D eigenvalue weighted by atomic mass is 16.4. The van der Waals surface area contributed by atoms with E-state index in [1.807, 2.05) is 13.8 Å². The molecule has 8 nitrogen and oxygen atoms in total. The molecule has 8 heteroatoms. The molecule has 0 saturated carbocycles. The highest BCUT2D eigenvalue weighted by Crippen LogP contribution is 2.26. The van der Waals surface area contributed by atoms with E-state index in [1.54, 1.807) is 0 Å². The predicted octanol–water partition coefficient (Wildman–Crippen LogP) is 1.96. The second-order valence-corrected chi connectivity index (χ2v) is 6.84. The molecule has 3 rings (SSSR count). The number of aromatic carboxylic acids is 1. The summed E-state index contributed by atoms with van der Waals surface area (Å²) >= 11 is 0. The van der Waals surface area contributed by atoms with E-state index in [2.05, 4.69) is 5.32 Å². The van der Waals surface area contributed by atoms with Gasteiger partial charge in [0.15, 0.2) is 0 Å². The van der Waals surface area contributed by atoms with Gasteiger partial charge < -0.3 is 15.5 Å². The van der Waals surface area contributed by atoms with Gasteiger partial charge in [0.1, 0.15) is 0 Å². The first-order chi connectivity index (χ1) is 13.2. The molecule has 0 bridgehead atoms. The SMILES string of the molecule is CC(C)CN1C(=O)c2ccc(C(=O)Nc3ccc([O-])cc3C(=O)O)cc2C1=O. The molecule has 0 fully saturated rings. The molecule has 0 aromatic heterocycles. The maximum absolute atomic E-state index is 12.5. The number of carbonyl (C=O) groups excluding carboxylic acids is 3. The molecule has 0 aliphatic carbocycles. The number of carbonyl (C=O) groups is 4. The van der Waals surface area contributed by atoms with Crippen LogP contribution in [0.15, 0.2) is 36.4 Å². The Kier molecular flexibility index (Phi) is 4.87. The summed E-state index contributed by atoms with van der Waals surface area (Å²) in [4.78, 5) is 49.8. The number of anilines is 1. The van der Waals surface area contributed by atoms with Crippen molar-refractivity contribution in [3.05, 3.63) is 58.7 Å². The smallest absolute Gasteiger partial charge is 0.337 e. The number of benzene rings is 2. The van der Waals surface area contributed by atoms with Crippen molar-refractivity contribution in [2.24, 2.45) is 5.92 Å². The third-order valence-corrected chi connectivity index (χ3v) is 4.25. The van der Waals surface area contributed by atoms with Crippen molar-refractivity contribution in [1.29, 1.82) is 0 Å². The Morgan fingerprint density at radius 3 is 2.39 bits per heavy atom. The summed E-state index contributed by atoms with van der Waals surface area (Å²) in [5, 5.41) is 23.0. The van der Waals surface area contributed by atoms with Gasteiger partial charge in [0.25, 0.3) is 17.7 Å². The lowest BCUT2D eigenvalue weighted by atomic mass is 10.0. The predicted molar refractivity (Wildman–Crippen MR) is 97.4 cm³/mol. The summed E-state index contributed by atoms with van der Waals surface area (Å²) in [6.07, 6.45) is 0. The molecule has 0 radical (unpaired) electrons. The molecule has 2 N–H and O–H groups in total. The second kappa shape index (κ2) is 7.15. The van der Waals surface area contributed by atoms with Crippen molar-refractivity contribution in [2.45, 2.75) is 13.8 Å². The molecule has 2 aromatic carbocycles. The van der Waals surface area contributed by atoms with Gasteiger partial charge in [0, 0.05) is 12.1 Å². The molecule has 0 saturated heterocycles. The van der Waals surface area contributed by atoms with E-state index in [1.165, 1.54) is 24.3 Å². The van der Waals surface area contributed by atoms with Crippen LogP contribution in [0.1, 0.15) is 55.3 Å². The number of carboxylic acid groups (broad SMARTS) is 1. The molecule has 0 atom stereocenters. The van der Waals surface area contributed by atoms with E-state index in [-0.39, 0.29) is 40.4 Å². The van der Waals surface area contributed by atoms with E-state index in [0.717, 1.165) is 17.0 Å². The van der Waals surface area contributed by atoms with Crippen LogP contribution in [0.5, 0.6) is 5.75 Å². The molecule has 144 valence electrons. The van der Waals surface area contributed by atoms with E-state index in [9.17, 15) is 29.4 Å². The number of amides is 3. The van der Waals surface area contributed by atoms with Crippen molar-refractivity contribution in [1.82, 2.24) is 4.90 Å². The van der Waals surface area contributed by atoms with E-state index < -0.39 is 29.4 Å². The van der Waals surface area contributed by atoms with Crippen LogP contribution >= 0.6 is 0 Å². The monoisotopic (exact) mass is 381 g/mol. The average Bonchev–Trinajstić information content (AvgIpc) is 2.87. The van der Waals surface area contributed by atoms with Crippen LogP contribution in [0.2, 0.25) is 0 Å². The Balaban J connectivity index is 1.89. The van der Waals surface area contributed by atoms with Crippen LogP contribution in [0, 0.1) is 5.92 Å². The fourth-order valence-corrected chi connectivity index (χ4v) is 2.97. The number of hydrogen-bond acceptors (Lipinski definition) is 5. The average molecular weight is 381 g/mol. The second-order valence-electron chi connectivity index (χ2n) is 6.84. The van der Waals surface area contributed by atoms with Gasteiger partial charge in [-0.2, -0.15) is 0 Å². The quantitative estimate of drug-likeness (QED) is 0.762. The summed E-state index contributed by atoms with van der Waals surface area (Å²) in [5.41, 5.74) is 0.0717. The first-order valence-electron chi connectivity index (χ1n) is 8.55. The zero-order valence-corrected chi connectivity index (χ0v) is 15.2. The number of imide groups is 1. The topological polar surface area (TPSA) is 127 Å². The van der Waals surface area contributed by atoms with Gasteiger partial charge in [0.2, 0.25) is 0 Å². The number of nitrogens with zero attached hydrogens (tertiary/aromatic N) is 1. The Morgan fingerprint density at radius 2 is 1.75 bits per heavy atom. The fourth-order valence-electron chi connectivity index (χ4n) is 2.97. The highest BCUT2D eigenvalue weighted by Gasteiger charge is 2.36. The highest BCUT2D eigenvalue weighted by molar-refractivity contribution is 6.22. The minimum Gasteiger partial charge on any atom is -0.872 e. The zero-order valence-electron chi connectivity index (χ0n) is 15.2. The number of hydrogen-bond donors (Lipinski definition) is 2. The molecule has 28 heavy (non-hydrogen) atoms. The molecule has 1 aliphatic heterocycles. The summed E-state index contributed by atoms with van der Waals surface area (Å²) in [6, 6.07) is 7.36. The maximum Gasteiger partial charge on any atom is 0.337 e. The Bertz CT molecular complexity index is 1010. The van der Waals surface area contributed by atoms with E-state index in [4.69, 9.17) is 0 Å². The summed E-state index contributed by atoms with van der Waals surface area (Å²) < 4.78 is 0. The van der Waals surface area contributed by atoms with Crippen molar-refractivity contribution in [3.8, 4) is 5.75 Å². The van der Waals surface area contributed by atoms with Crippen molar-refractivity contribution < 1.29 is 29.4 Å². The third-order valence-electron chi connectivity index (χ3n) is 4.25. The van der Waals surface area contributed by atoms with Crippen LogP contribution in [0.25, 0.3) is 0 Å². The Labute approximate surface area is 160 Å². The van der Waals surface area contributed by atoms with Gasteiger partial charge in [-0.05, 0) is 30.2 Å². The minimum atomic E-state index is -1.35. The lowest BCUT2D eigenvalue weighted by Crippen LogP contribution is -2.33. The Hall–Kier alpha value is -3.68. The third kappa shape index (κ3) is 3.44. The number of fused-ring (bicyclic) bond motifs is 1. The van der Waals surface area contributed by atoms with Crippen molar-refractivity contribution >= 4 is 29.4 Å². The standard InChI is InChI=1S/C20H18N2O6/c1-10(2)9-22-18(25)13-5-3-11(7-14(13)19(22)26)17(24)21-16-6-4-12(23)8-15(16)20(27)28/h3-8,10,23H,9H2,1-2H3,(H,21,24)(H,27,28)/p-1. The first-order valence-corrected chi connectivity index (χ1v) is 8.55. The summed E-state index contributed by atoms with van der Waals surface area (Å²) in [6.45, 7) is 4.04. The fraction of sp³-hybridized carbons (Fsp3) is 0.200. The molecule has 0 spiro atoms.